The van der Waals surface area contributed by atoms with Crippen molar-refractivity contribution in [2.45, 2.75) is 25.0 Å². The summed E-state index contributed by atoms with van der Waals surface area (Å²) in [7, 11) is 0. The van der Waals surface area contributed by atoms with Gasteiger partial charge in [-0.15, -0.1) is 0 Å². The second kappa shape index (κ2) is 5.59. The number of hydrogen-bond acceptors (Lipinski definition) is 4. The molecular formula is C14H20N2O2. The number of fused-ring (bicyclic) bond motifs is 1. The summed E-state index contributed by atoms with van der Waals surface area (Å²) in [5, 5.41) is 6.95. The lowest BCUT2D eigenvalue weighted by molar-refractivity contribution is 0.0871. The zero-order chi connectivity index (χ0) is 12.2. The molecule has 0 spiro atoms. The molecule has 1 aromatic carbocycles. The van der Waals surface area contributed by atoms with Crippen molar-refractivity contribution in [3.05, 3.63) is 24.3 Å². The van der Waals surface area contributed by atoms with Gasteiger partial charge in [-0.3, -0.25) is 0 Å². The molecule has 1 atom stereocenters. The number of piperidine rings is 1. The fourth-order valence-electron chi connectivity index (χ4n) is 2.49. The first-order chi connectivity index (χ1) is 8.92. The first kappa shape index (κ1) is 11.8. The van der Waals surface area contributed by atoms with Crippen molar-refractivity contribution >= 4 is 0 Å². The van der Waals surface area contributed by atoms with Crippen molar-refractivity contribution in [2.24, 2.45) is 0 Å². The number of ether oxygens (including phenoxy) is 2. The van der Waals surface area contributed by atoms with Crippen LogP contribution in [0.1, 0.15) is 12.8 Å². The van der Waals surface area contributed by atoms with Crippen LogP contribution in [0.5, 0.6) is 11.5 Å². The lowest BCUT2D eigenvalue weighted by Gasteiger charge is -2.29. The third-order valence-corrected chi connectivity index (χ3v) is 3.54. The second-order valence-corrected chi connectivity index (χ2v) is 4.93. The van der Waals surface area contributed by atoms with E-state index in [1.165, 1.54) is 12.8 Å². The van der Waals surface area contributed by atoms with Crippen molar-refractivity contribution in [1.29, 1.82) is 0 Å². The highest BCUT2D eigenvalue weighted by molar-refractivity contribution is 5.40. The van der Waals surface area contributed by atoms with Gasteiger partial charge in [0.05, 0.1) is 0 Å². The third kappa shape index (κ3) is 2.76. The molecule has 1 unspecified atom stereocenters. The minimum Gasteiger partial charge on any atom is -0.486 e. The first-order valence-electron chi connectivity index (χ1n) is 6.74. The van der Waals surface area contributed by atoms with Crippen LogP contribution in [-0.4, -0.2) is 38.4 Å². The standard InChI is InChI=1S/C14H20N2O2/c1-2-4-14-13(3-1)17-10-12(18-14)9-16-11-5-7-15-8-6-11/h1-4,11-12,15-16H,5-10H2. The van der Waals surface area contributed by atoms with Crippen LogP contribution in [0.2, 0.25) is 0 Å². The van der Waals surface area contributed by atoms with E-state index in [4.69, 9.17) is 9.47 Å². The first-order valence-corrected chi connectivity index (χ1v) is 6.74. The van der Waals surface area contributed by atoms with Crippen LogP contribution in [0.3, 0.4) is 0 Å². The quantitative estimate of drug-likeness (QED) is 0.842. The number of benzene rings is 1. The summed E-state index contributed by atoms with van der Waals surface area (Å²) in [6.07, 6.45) is 2.52. The fraction of sp³-hybridized carbons (Fsp3) is 0.571. The Kier molecular flexibility index (Phi) is 3.67. The summed E-state index contributed by atoms with van der Waals surface area (Å²) >= 11 is 0. The molecule has 3 rings (SSSR count). The Morgan fingerprint density at radius 2 is 1.94 bits per heavy atom. The van der Waals surface area contributed by atoms with Crippen molar-refractivity contribution in [1.82, 2.24) is 10.6 Å². The number of para-hydroxylation sites is 2. The molecule has 1 aromatic rings. The minimum absolute atomic E-state index is 0.120. The van der Waals surface area contributed by atoms with Gasteiger partial charge in [0.1, 0.15) is 12.7 Å². The Labute approximate surface area is 108 Å². The molecule has 0 radical (unpaired) electrons. The molecule has 2 aliphatic rings. The van der Waals surface area contributed by atoms with Gasteiger partial charge in [0.2, 0.25) is 0 Å². The van der Waals surface area contributed by atoms with E-state index in [2.05, 4.69) is 10.6 Å². The monoisotopic (exact) mass is 248 g/mol. The summed E-state index contributed by atoms with van der Waals surface area (Å²) in [6.45, 7) is 3.72. The van der Waals surface area contributed by atoms with Crippen molar-refractivity contribution in [3.8, 4) is 11.5 Å². The van der Waals surface area contributed by atoms with E-state index >= 15 is 0 Å². The Hall–Kier alpha value is -1.26. The van der Waals surface area contributed by atoms with Crippen LogP contribution in [0.25, 0.3) is 0 Å². The number of nitrogens with one attached hydrogen (secondary N) is 2. The third-order valence-electron chi connectivity index (χ3n) is 3.54. The highest BCUT2D eigenvalue weighted by atomic mass is 16.6. The van der Waals surface area contributed by atoms with E-state index in [1.807, 2.05) is 24.3 Å². The van der Waals surface area contributed by atoms with Gasteiger partial charge in [-0.1, -0.05) is 12.1 Å². The van der Waals surface area contributed by atoms with Crippen molar-refractivity contribution < 1.29 is 9.47 Å². The van der Waals surface area contributed by atoms with E-state index in [9.17, 15) is 0 Å². The predicted molar refractivity (Wildman–Crippen MR) is 70.2 cm³/mol. The summed E-state index contributed by atoms with van der Waals surface area (Å²) in [5.74, 6) is 1.72. The van der Waals surface area contributed by atoms with Crippen LogP contribution >= 0.6 is 0 Å². The van der Waals surface area contributed by atoms with Gasteiger partial charge in [0.25, 0.3) is 0 Å². The fourth-order valence-corrected chi connectivity index (χ4v) is 2.49. The smallest absolute Gasteiger partial charge is 0.161 e. The zero-order valence-corrected chi connectivity index (χ0v) is 10.5. The molecule has 4 nitrogen and oxygen atoms in total. The van der Waals surface area contributed by atoms with Gasteiger partial charge in [0.15, 0.2) is 11.5 Å². The summed E-state index contributed by atoms with van der Waals surface area (Å²) < 4.78 is 11.6. The Morgan fingerprint density at radius 3 is 2.78 bits per heavy atom. The van der Waals surface area contributed by atoms with Gasteiger partial charge in [-0.2, -0.15) is 0 Å². The van der Waals surface area contributed by atoms with Crippen LogP contribution < -0.4 is 20.1 Å². The molecule has 1 saturated heterocycles. The second-order valence-electron chi connectivity index (χ2n) is 4.93. The molecule has 0 saturated carbocycles. The largest absolute Gasteiger partial charge is 0.486 e. The normalized spacial score (nSPS) is 23.9. The Morgan fingerprint density at radius 1 is 1.17 bits per heavy atom. The molecule has 0 aliphatic carbocycles. The molecule has 18 heavy (non-hydrogen) atoms. The van der Waals surface area contributed by atoms with Crippen LogP contribution in [0, 0.1) is 0 Å². The van der Waals surface area contributed by atoms with Crippen LogP contribution in [-0.2, 0) is 0 Å². The Bertz CT molecular complexity index is 391. The van der Waals surface area contributed by atoms with Gasteiger partial charge in [-0.05, 0) is 38.1 Å². The molecular weight excluding hydrogens is 228 g/mol. The highest BCUT2D eigenvalue weighted by Crippen LogP contribution is 2.30. The maximum Gasteiger partial charge on any atom is 0.161 e. The van der Waals surface area contributed by atoms with E-state index in [-0.39, 0.29) is 6.10 Å². The van der Waals surface area contributed by atoms with Crippen LogP contribution in [0.15, 0.2) is 24.3 Å². The lowest BCUT2D eigenvalue weighted by atomic mass is 10.1. The van der Waals surface area contributed by atoms with E-state index in [0.29, 0.717) is 12.6 Å². The minimum atomic E-state index is 0.120. The van der Waals surface area contributed by atoms with E-state index < -0.39 is 0 Å². The Balaban J connectivity index is 1.50. The summed E-state index contributed by atoms with van der Waals surface area (Å²) in [6, 6.07) is 8.48. The van der Waals surface area contributed by atoms with Crippen LogP contribution in [0.4, 0.5) is 0 Å². The summed E-state index contributed by atoms with van der Waals surface area (Å²) in [5.41, 5.74) is 0. The van der Waals surface area contributed by atoms with Gasteiger partial charge in [0, 0.05) is 12.6 Å². The van der Waals surface area contributed by atoms with Crippen molar-refractivity contribution in [3.63, 3.8) is 0 Å². The summed E-state index contributed by atoms with van der Waals surface area (Å²) in [4.78, 5) is 0. The molecule has 2 aliphatic heterocycles. The van der Waals surface area contributed by atoms with Gasteiger partial charge >= 0.3 is 0 Å². The topological polar surface area (TPSA) is 42.5 Å². The zero-order valence-electron chi connectivity index (χ0n) is 10.5. The molecule has 0 aromatic heterocycles. The average Bonchev–Trinajstić information content (AvgIpc) is 2.46. The molecule has 0 amide bonds. The molecule has 1 fully saturated rings. The number of hydrogen-bond donors (Lipinski definition) is 2. The predicted octanol–water partition coefficient (Wildman–Crippen LogP) is 1.17. The van der Waals surface area contributed by atoms with Gasteiger partial charge < -0.3 is 20.1 Å². The highest BCUT2D eigenvalue weighted by Gasteiger charge is 2.21. The maximum absolute atomic E-state index is 5.92. The van der Waals surface area contributed by atoms with E-state index in [1.54, 1.807) is 0 Å². The average molecular weight is 248 g/mol. The lowest BCUT2D eigenvalue weighted by Crippen LogP contribution is -2.46. The maximum atomic E-state index is 5.92. The number of rotatable bonds is 3. The van der Waals surface area contributed by atoms with E-state index in [0.717, 1.165) is 31.1 Å². The molecule has 0 bridgehead atoms. The molecule has 2 N–H and O–H groups in total. The van der Waals surface area contributed by atoms with Gasteiger partial charge in [-0.25, -0.2) is 0 Å². The molecule has 2 heterocycles. The van der Waals surface area contributed by atoms with Crippen molar-refractivity contribution in [2.75, 3.05) is 26.2 Å². The molecule has 4 heteroatoms. The SMILES string of the molecule is c1ccc2c(c1)OCC(CNC1CCNCC1)O2. The molecule has 98 valence electrons.